The summed E-state index contributed by atoms with van der Waals surface area (Å²) in [6.45, 7) is 3.56. The molecule has 4 aromatic heterocycles. The van der Waals surface area contributed by atoms with E-state index in [1.165, 1.54) is 31.1 Å². The summed E-state index contributed by atoms with van der Waals surface area (Å²) in [5.74, 6) is 1.48. The topological polar surface area (TPSA) is 207 Å². The second kappa shape index (κ2) is 15.6. The molecule has 0 spiro atoms. The van der Waals surface area contributed by atoms with Gasteiger partial charge in [-0.1, -0.05) is 11.1 Å². The van der Waals surface area contributed by atoms with Crippen LogP contribution in [-0.4, -0.2) is 51.7 Å². The monoisotopic (exact) mass is 1040 g/mol. The first-order valence-corrected chi connectivity index (χ1v) is 10.3. The van der Waals surface area contributed by atoms with Crippen molar-refractivity contribution in [1.29, 1.82) is 0 Å². The molecule has 39 heavy (non-hydrogen) atoms. The Morgan fingerprint density at radius 3 is 1.23 bits per heavy atom. The van der Waals surface area contributed by atoms with Gasteiger partial charge in [0.1, 0.15) is 23.0 Å². The van der Waals surface area contributed by atoms with Crippen molar-refractivity contribution in [3.63, 3.8) is 0 Å². The molecule has 16 nitrogen and oxygen atoms in total. The Bertz CT molecular complexity index is 1370. The van der Waals surface area contributed by atoms with Crippen molar-refractivity contribution in [3.8, 4) is 0 Å². The molecule has 0 saturated heterocycles. The third kappa shape index (κ3) is 8.03. The zero-order chi connectivity index (χ0) is 26.6. The summed E-state index contributed by atoms with van der Waals surface area (Å²) in [5.41, 5.74) is 14.4. The summed E-state index contributed by atoms with van der Waals surface area (Å²) in [6, 6.07) is 0. The summed E-state index contributed by atoms with van der Waals surface area (Å²) < 4.78 is 5.90. The maximum Gasteiger partial charge on any atom is 0.149 e. The summed E-state index contributed by atoms with van der Waals surface area (Å²) in [4.78, 5) is 21.3. The van der Waals surface area contributed by atoms with Gasteiger partial charge in [-0.25, -0.2) is 0 Å². The van der Waals surface area contributed by atoms with Crippen LogP contribution in [0, 0.1) is 13.8 Å². The number of hydrogen-bond acceptors (Lipinski definition) is 12. The third-order valence-corrected chi connectivity index (χ3v) is 4.99. The molecule has 4 heterocycles. The van der Waals surface area contributed by atoms with Crippen molar-refractivity contribution < 1.29 is 72.8 Å². The van der Waals surface area contributed by atoms with Crippen LogP contribution in [0.5, 0.6) is 0 Å². The van der Waals surface area contributed by atoms with Gasteiger partial charge in [0.05, 0.1) is 35.6 Å². The normalized spacial score (nSPS) is 10.4. The van der Waals surface area contributed by atoms with Gasteiger partial charge in [-0.05, 0) is 26.2 Å². The number of anilines is 2. The first-order chi connectivity index (χ1) is 17.1. The number of nitrogen functional groups attached to an aromatic ring is 2. The van der Waals surface area contributed by atoms with Gasteiger partial charge in [0.25, 0.3) is 0 Å². The first-order valence-electron chi connectivity index (χ1n) is 10.3. The van der Waals surface area contributed by atoms with E-state index in [9.17, 15) is 9.59 Å². The summed E-state index contributed by atoms with van der Waals surface area (Å²) in [5, 5.41) is 32.0. The van der Waals surface area contributed by atoms with Crippen LogP contribution in [0.15, 0.2) is 32.9 Å². The molecular formula is C20H24N14O2W3-2. The fourth-order valence-corrected chi connectivity index (χ4v) is 3.01. The van der Waals surface area contributed by atoms with E-state index in [-0.39, 0.29) is 74.3 Å². The minimum absolute atomic E-state index is 0. The van der Waals surface area contributed by atoms with E-state index in [0.29, 0.717) is 46.0 Å². The molecule has 0 aromatic carbocycles. The quantitative estimate of drug-likeness (QED) is 0.215. The Balaban J connectivity index is 0.000000688. The van der Waals surface area contributed by atoms with Crippen molar-refractivity contribution >= 4 is 47.2 Å². The Labute approximate surface area is 266 Å². The zero-order valence-electron chi connectivity index (χ0n) is 21.7. The molecule has 0 saturated carbocycles. The number of nitrogens with two attached hydrogens (primary N) is 2. The molecular weight excluding hydrogens is 1020 g/mol. The minimum atomic E-state index is 0. The first kappa shape index (κ1) is 36.0. The van der Waals surface area contributed by atoms with Crippen molar-refractivity contribution in [2.24, 2.45) is 48.6 Å². The number of aryl methyl sites for hydroxylation is 6. The van der Waals surface area contributed by atoms with Crippen LogP contribution in [0.25, 0.3) is 0 Å². The van der Waals surface area contributed by atoms with Crippen molar-refractivity contribution in [2.75, 3.05) is 11.5 Å². The average Bonchev–Trinajstić information content (AvgIpc) is 3.53. The zero-order valence-corrected chi connectivity index (χ0v) is 30.5. The Morgan fingerprint density at radius 2 is 0.974 bits per heavy atom. The van der Waals surface area contributed by atoms with Crippen LogP contribution in [0.3, 0.4) is 0 Å². The molecule has 0 unspecified atom stereocenters. The maximum atomic E-state index is 10.7. The maximum absolute atomic E-state index is 10.7. The molecule has 0 amide bonds. The minimum Gasteiger partial charge on any atom is -0.382 e. The fraction of sp³-hybridized carbons (Fsp3) is 0.300. The second-order valence-corrected chi connectivity index (χ2v) is 7.50. The molecule has 0 aliphatic heterocycles. The van der Waals surface area contributed by atoms with E-state index in [2.05, 4.69) is 40.9 Å². The van der Waals surface area contributed by atoms with Crippen molar-refractivity contribution in [2.45, 2.75) is 13.8 Å². The predicted octanol–water partition coefficient (Wildman–Crippen LogP) is 1.83. The standard InChI is InChI=1S/2C10H12N7O.3W/c2*1-6-8(9(11)16(2)15-6)13-14-10-7(5-18)4-12-17(10)3;;;/h2*4H,11H2,1-3H3;;;/q2*-1;;;. The SMILES string of the molecule is Cc1nn(C)c(N)c1N=Nc1c([C-]=O)cnn1C.Cc1nn(C)c(N)c1N=Nc1c([C-]=O)cnn1C.[W].[W].[W]. The molecule has 4 rings (SSSR count). The van der Waals surface area contributed by atoms with Crippen molar-refractivity contribution in [3.05, 3.63) is 34.9 Å². The molecule has 4 N–H and O–H groups in total. The molecule has 0 atom stereocenters. The van der Waals surface area contributed by atoms with Gasteiger partial charge < -0.3 is 30.4 Å². The van der Waals surface area contributed by atoms with E-state index in [4.69, 9.17) is 11.5 Å². The number of aromatic nitrogens is 8. The van der Waals surface area contributed by atoms with E-state index in [1.807, 2.05) is 0 Å². The van der Waals surface area contributed by atoms with E-state index in [1.54, 1.807) is 54.6 Å². The predicted molar refractivity (Wildman–Crippen MR) is 129 cm³/mol. The Morgan fingerprint density at radius 1 is 0.641 bits per heavy atom. The van der Waals surface area contributed by atoms with Crippen LogP contribution >= 0.6 is 0 Å². The van der Waals surface area contributed by atoms with Gasteiger partial charge in [0.2, 0.25) is 0 Å². The number of hydrogen-bond donors (Lipinski definition) is 2. The van der Waals surface area contributed by atoms with Crippen LogP contribution in [-0.2, 0) is 101 Å². The third-order valence-electron chi connectivity index (χ3n) is 4.99. The largest absolute Gasteiger partial charge is 0.382 e. The van der Waals surface area contributed by atoms with Gasteiger partial charge >= 0.3 is 0 Å². The van der Waals surface area contributed by atoms with E-state index >= 15 is 0 Å². The number of azo groups is 2. The van der Waals surface area contributed by atoms with Gasteiger partial charge in [-0.2, -0.15) is 30.7 Å². The van der Waals surface area contributed by atoms with Gasteiger partial charge in [0.15, 0.2) is 0 Å². The molecule has 4 aromatic rings. The summed E-state index contributed by atoms with van der Waals surface area (Å²) in [7, 11) is 6.76. The molecule has 0 fully saturated rings. The molecule has 0 aliphatic rings. The van der Waals surface area contributed by atoms with Crippen LogP contribution in [0.1, 0.15) is 22.5 Å². The van der Waals surface area contributed by atoms with Crippen LogP contribution in [0.2, 0.25) is 0 Å². The molecule has 0 aliphatic carbocycles. The number of rotatable bonds is 6. The number of carbonyl (C=O) groups excluding carboxylic acids is 2. The average molecular weight is 1040 g/mol. The van der Waals surface area contributed by atoms with E-state index < -0.39 is 0 Å². The molecule has 0 bridgehead atoms. The fourth-order valence-electron chi connectivity index (χ4n) is 3.01. The van der Waals surface area contributed by atoms with Crippen molar-refractivity contribution in [1.82, 2.24) is 39.1 Å². The Kier molecular flexibility index (Phi) is 14.4. The molecule has 206 valence electrons. The second-order valence-electron chi connectivity index (χ2n) is 7.50. The smallest absolute Gasteiger partial charge is 0.149 e. The van der Waals surface area contributed by atoms with Gasteiger partial charge in [-0.15, -0.1) is 0 Å². The van der Waals surface area contributed by atoms with Gasteiger partial charge in [-0.3, -0.25) is 19.6 Å². The summed E-state index contributed by atoms with van der Waals surface area (Å²) >= 11 is 0. The van der Waals surface area contributed by atoms with E-state index in [0.717, 1.165) is 0 Å². The van der Waals surface area contributed by atoms with Crippen LogP contribution in [0.4, 0.5) is 34.6 Å². The van der Waals surface area contributed by atoms with Crippen LogP contribution < -0.4 is 11.5 Å². The molecule has 0 radical (unpaired) electrons. The molecule has 19 heteroatoms. The number of nitrogens with zero attached hydrogens (tertiary/aromatic N) is 12. The van der Waals surface area contributed by atoms with Gasteiger partial charge in [0, 0.05) is 91.4 Å². The summed E-state index contributed by atoms with van der Waals surface area (Å²) in [6.07, 6.45) is 6.25. The Hall–Kier alpha value is -2.96.